The van der Waals surface area contributed by atoms with E-state index in [-0.39, 0.29) is 0 Å². The monoisotopic (exact) mass is 422 g/mol. The molecule has 0 saturated carbocycles. The van der Waals surface area contributed by atoms with E-state index in [0.717, 1.165) is 14.5 Å². The first-order chi connectivity index (χ1) is 8.97. The molecular weight excluding hydrogens is 415 g/mol. The van der Waals surface area contributed by atoms with Crippen LogP contribution in [0.2, 0.25) is 10.0 Å². The van der Waals surface area contributed by atoms with Crippen LogP contribution in [-0.4, -0.2) is 5.11 Å². The second-order valence-electron chi connectivity index (χ2n) is 4.12. The van der Waals surface area contributed by atoms with Gasteiger partial charge in [0.1, 0.15) is 0 Å². The molecule has 0 fully saturated rings. The normalized spacial score (nSPS) is 12.5. The zero-order chi connectivity index (χ0) is 14.0. The predicted molar refractivity (Wildman–Crippen MR) is 87.0 cm³/mol. The second-order valence-corrected chi connectivity index (χ2v) is 6.77. The van der Waals surface area contributed by atoms with E-state index in [2.05, 4.69) is 31.9 Å². The van der Waals surface area contributed by atoms with Crippen LogP contribution in [0.15, 0.2) is 45.3 Å². The van der Waals surface area contributed by atoms with Crippen LogP contribution in [0, 0.1) is 0 Å². The molecule has 2 rings (SSSR count). The van der Waals surface area contributed by atoms with E-state index < -0.39 is 6.10 Å². The Bertz CT molecular complexity index is 602. The van der Waals surface area contributed by atoms with Crippen molar-refractivity contribution in [1.82, 2.24) is 0 Å². The van der Waals surface area contributed by atoms with E-state index in [1.54, 1.807) is 6.07 Å². The SMILES string of the molecule is OC(Cc1ccc(Br)cc1Cl)c1cc(Br)ccc1Cl. The minimum absolute atomic E-state index is 0.419. The molecule has 1 atom stereocenters. The molecule has 2 aromatic rings. The van der Waals surface area contributed by atoms with Crippen molar-refractivity contribution in [3.05, 3.63) is 66.5 Å². The van der Waals surface area contributed by atoms with Gasteiger partial charge in [0.15, 0.2) is 0 Å². The number of rotatable bonds is 3. The topological polar surface area (TPSA) is 20.2 Å². The van der Waals surface area contributed by atoms with Gasteiger partial charge < -0.3 is 5.11 Å². The highest BCUT2D eigenvalue weighted by Gasteiger charge is 2.14. The van der Waals surface area contributed by atoms with Gasteiger partial charge in [-0.3, -0.25) is 0 Å². The lowest BCUT2D eigenvalue weighted by Gasteiger charge is -2.14. The van der Waals surface area contributed by atoms with Gasteiger partial charge in [-0.15, -0.1) is 0 Å². The van der Waals surface area contributed by atoms with Gasteiger partial charge in [0.2, 0.25) is 0 Å². The van der Waals surface area contributed by atoms with Crippen molar-refractivity contribution in [1.29, 1.82) is 0 Å². The number of benzene rings is 2. The molecule has 1 N–H and O–H groups in total. The maximum Gasteiger partial charge on any atom is 0.0845 e. The first kappa shape index (κ1) is 15.3. The maximum absolute atomic E-state index is 10.3. The summed E-state index contributed by atoms with van der Waals surface area (Å²) in [7, 11) is 0. The lowest BCUT2D eigenvalue weighted by atomic mass is 10.0. The van der Waals surface area contributed by atoms with Gasteiger partial charge in [-0.1, -0.05) is 61.1 Å². The number of hydrogen-bond donors (Lipinski definition) is 1. The van der Waals surface area contributed by atoms with Crippen LogP contribution < -0.4 is 0 Å². The summed E-state index contributed by atoms with van der Waals surface area (Å²) in [6.07, 6.45) is -0.272. The molecule has 2 aromatic carbocycles. The third kappa shape index (κ3) is 3.96. The Kier molecular flexibility index (Phi) is 5.32. The molecule has 1 nitrogen and oxygen atoms in total. The zero-order valence-corrected chi connectivity index (χ0v) is 14.4. The van der Waals surface area contributed by atoms with Crippen molar-refractivity contribution in [2.75, 3.05) is 0 Å². The first-order valence-corrected chi connectivity index (χ1v) is 7.88. The molecule has 0 spiro atoms. The third-order valence-corrected chi connectivity index (χ3v) is 4.43. The molecule has 0 bridgehead atoms. The largest absolute Gasteiger partial charge is 0.388 e. The number of aliphatic hydroxyl groups excluding tert-OH is 1. The highest BCUT2D eigenvalue weighted by atomic mass is 79.9. The van der Waals surface area contributed by atoms with Gasteiger partial charge in [-0.25, -0.2) is 0 Å². The molecule has 100 valence electrons. The van der Waals surface area contributed by atoms with Crippen molar-refractivity contribution in [3.8, 4) is 0 Å². The summed E-state index contributed by atoms with van der Waals surface area (Å²) in [5.41, 5.74) is 1.57. The van der Waals surface area contributed by atoms with Crippen LogP contribution in [-0.2, 0) is 6.42 Å². The molecular formula is C14H10Br2Cl2O. The molecule has 5 heteroatoms. The molecule has 0 aliphatic heterocycles. The molecule has 0 saturated heterocycles. The van der Waals surface area contributed by atoms with E-state index in [4.69, 9.17) is 23.2 Å². The van der Waals surface area contributed by atoms with Crippen LogP contribution in [0.3, 0.4) is 0 Å². The fourth-order valence-corrected chi connectivity index (χ4v) is 3.15. The summed E-state index contributed by atoms with van der Waals surface area (Å²) in [5, 5.41) is 11.5. The second kappa shape index (κ2) is 6.59. The lowest BCUT2D eigenvalue weighted by molar-refractivity contribution is 0.178. The van der Waals surface area contributed by atoms with Gasteiger partial charge in [-0.2, -0.15) is 0 Å². The van der Waals surface area contributed by atoms with E-state index in [0.29, 0.717) is 22.0 Å². The van der Waals surface area contributed by atoms with Crippen molar-refractivity contribution >= 4 is 55.1 Å². The number of halogens is 4. The minimum Gasteiger partial charge on any atom is -0.388 e. The van der Waals surface area contributed by atoms with Crippen LogP contribution in [0.25, 0.3) is 0 Å². The number of hydrogen-bond acceptors (Lipinski definition) is 1. The Morgan fingerprint density at radius 3 is 2.26 bits per heavy atom. The Labute approximate surface area is 138 Å². The van der Waals surface area contributed by atoms with E-state index in [1.165, 1.54) is 0 Å². The van der Waals surface area contributed by atoms with Crippen LogP contribution in [0.5, 0.6) is 0 Å². The molecule has 0 aliphatic rings. The van der Waals surface area contributed by atoms with Crippen molar-refractivity contribution in [3.63, 3.8) is 0 Å². The molecule has 19 heavy (non-hydrogen) atoms. The Morgan fingerprint density at radius 1 is 0.947 bits per heavy atom. The van der Waals surface area contributed by atoms with Gasteiger partial charge in [0, 0.05) is 31.0 Å². The molecule has 0 aromatic heterocycles. The molecule has 0 amide bonds. The van der Waals surface area contributed by atoms with Crippen molar-refractivity contribution < 1.29 is 5.11 Å². The van der Waals surface area contributed by atoms with Crippen molar-refractivity contribution in [2.24, 2.45) is 0 Å². The van der Waals surface area contributed by atoms with E-state index in [9.17, 15) is 5.11 Å². The third-order valence-electron chi connectivity index (χ3n) is 2.75. The van der Waals surface area contributed by atoms with Crippen LogP contribution in [0.4, 0.5) is 0 Å². The maximum atomic E-state index is 10.3. The summed E-state index contributed by atoms with van der Waals surface area (Å²) in [6, 6.07) is 11.0. The average Bonchev–Trinajstić information content (AvgIpc) is 2.35. The van der Waals surface area contributed by atoms with Gasteiger partial charge in [-0.05, 0) is 35.9 Å². The first-order valence-electron chi connectivity index (χ1n) is 5.54. The Morgan fingerprint density at radius 2 is 1.58 bits per heavy atom. The molecule has 0 aliphatic carbocycles. The van der Waals surface area contributed by atoms with Crippen LogP contribution in [0.1, 0.15) is 17.2 Å². The Balaban J connectivity index is 2.25. The molecule has 1 unspecified atom stereocenters. The fourth-order valence-electron chi connectivity index (χ4n) is 1.78. The van der Waals surface area contributed by atoms with E-state index >= 15 is 0 Å². The van der Waals surface area contributed by atoms with Crippen molar-refractivity contribution in [2.45, 2.75) is 12.5 Å². The fraction of sp³-hybridized carbons (Fsp3) is 0.143. The van der Waals surface area contributed by atoms with Gasteiger partial charge >= 0.3 is 0 Å². The van der Waals surface area contributed by atoms with Gasteiger partial charge in [0.05, 0.1) is 6.10 Å². The molecule has 0 radical (unpaired) electrons. The number of aliphatic hydroxyl groups is 1. The quantitative estimate of drug-likeness (QED) is 0.660. The summed E-state index contributed by atoms with van der Waals surface area (Å²) in [5.74, 6) is 0. The Hall–Kier alpha value is -0.0600. The van der Waals surface area contributed by atoms with Gasteiger partial charge in [0.25, 0.3) is 0 Å². The summed E-state index contributed by atoms with van der Waals surface area (Å²) < 4.78 is 1.80. The summed E-state index contributed by atoms with van der Waals surface area (Å²) in [6.45, 7) is 0. The van der Waals surface area contributed by atoms with Crippen LogP contribution >= 0.6 is 55.1 Å². The summed E-state index contributed by atoms with van der Waals surface area (Å²) in [4.78, 5) is 0. The smallest absolute Gasteiger partial charge is 0.0845 e. The van der Waals surface area contributed by atoms with E-state index in [1.807, 2.05) is 30.3 Å². The standard InChI is InChI=1S/C14H10Br2Cl2O/c15-9-3-4-12(17)11(6-9)14(19)5-8-1-2-10(16)7-13(8)18/h1-4,6-7,14,19H,5H2. The lowest BCUT2D eigenvalue weighted by Crippen LogP contribution is -2.03. The minimum atomic E-state index is -0.691. The zero-order valence-electron chi connectivity index (χ0n) is 9.71. The highest BCUT2D eigenvalue weighted by Crippen LogP contribution is 2.31. The highest BCUT2D eigenvalue weighted by molar-refractivity contribution is 9.10. The average molecular weight is 425 g/mol. The predicted octanol–water partition coefficient (Wildman–Crippen LogP) is 5.79. The molecule has 0 heterocycles. The summed E-state index contributed by atoms with van der Waals surface area (Å²) >= 11 is 19.0.